The molecule has 0 amide bonds. The summed E-state index contributed by atoms with van der Waals surface area (Å²) in [6.07, 6.45) is 0. The van der Waals surface area contributed by atoms with Crippen LogP contribution in [0.5, 0.6) is 0 Å². The molecule has 0 aliphatic rings. The third-order valence-electron chi connectivity index (χ3n) is 0. The first-order chi connectivity index (χ1) is 3.73. The van der Waals surface area contributed by atoms with Gasteiger partial charge in [0, 0.05) is 0 Å². The van der Waals surface area contributed by atoms with E-state index in [2.05, 4.69) is 0 Å². The first kappa shape index (κ1) is 12.2. The summed E-state index contributed by atoms with van der Waals surface area (Å²) in [5.41, 5.74) is 0. The van der Waals surface area contributed by atoms with E-state index >= 15 is 0 Å². The van der Waals surface area contributed by atoms with E-state index in [-0.39, 0.29) is 0 Å². The van der Waals surface area contributed by atoms with Crippen molar-refractivity contribution in [3.8, 4) is 0 Å². The Kier molecular flexibility index (Phi) is 7.17. The van der Waals surface area contributed by atoms with Gasteiger partial charge in [0.1, 0.15) is 0 Å². The van der Waals surface area contributed by atoms with Gasteiger partial charge in [0.2, 0.25) is 0 Å². The molecule has 0 aliphatic carbocycles. The average molecular weight is 244 g/mol. The van der Waals surface area contributed by atoms with Gasteiger partial charge in [-0.3, -0.25) is 0 Å². The molecular weight excluding hydrogens is 239 g/mol. The minimum atomic E-state index is -5.25. The summed E-state index contributed by atoms with van der Waals surface area (Å²) in [4.78, 5) is 0. The van der Waals surface area contributed by atoms with Crippen LogP contribution in [0.4, 0.5) is 0 Å². The van der Waals surface area contributed by atoms with E-state index in [4.69, 9.17) is 28.2 Å². The van der Waals surface area contributed by atoms with E-state index in [1.54, 1.807) is 0 Å². The van der Waals surface area contributed by atoms with Gasteiger partial charge in [-0.1, -0.05) is 0 Å². The van der Waals surface area contributed by atoms with Gasteiger partial charge in [-0.15, -0.1) is 0 Å². The van der Waals surface area contributed by atoms with Gasteiger partial charge in [-0.2, -0.15) is 0 Å². The molecule has 0 atom stereocenters. The molecule has 0 rings (SSSR count). The first-order valence-electron chi connectivity index (χ1n) is 1.30. The molecule has 9 heavy (non-hydrogen) atoms. The summed E-state index contributed by atoms with van der Waals surface area (Å²) < 4.78 is 53.8. The third-order valence-corrected chi connectivity index (χ3v) is 0. The summed E-state index contributed by atoms with van der Waals surface area (Å²) in [7, 11) is 0. The van der Waals surface area contributed by atoms with Crippen molar-refractivity contribution >= 4 is 15.7 Å². The molecule has 0 fully saturated rings. The van der Waals surface area contributed by atoms with E-state index in [0.29, 0.717) is 0 Å². The van der Waals surface area contributed by atoms with Gasteiger partial charge in [0.05, 0.1) is 0 Å². The van der Waals surface area contributed by atoms with E-state index in [0.717, 1.165) is 0 Å². The standard InChI is InChI=1S/AsH3O3.Cr.2H2O.2O/c2-1(3)4;;;;;/h2-4H;;2*1H2;;/q;+2;;;;/p-2. The van der Waals surface area contributed by atoms with Crippen molar-refractivity contribution in [1.29, 1.82) is 0 Å². The molecule has 0 saturated carbocycles. The Bertz CT molecular complexity index is 120. The summed E-state index contributed by atoms with van der Waals surface area (Å²) in [5, 5.41) is 0. The third kappa shape index (κ3) is 1480. The monoisotopic (exact) mass is 244 g/mol. The fourth-order valence-corrected chi connectivity index (χ4v) is 0. The van der Waals surface area contributed by atoms with Crippen molar-refractivity contribution in [3.05, 3.63) is 0 Å². The predicted octanol–water partition coefficient (Wildman–Crippen LogP) is -3.41. The Morgan fingerprint density at radius 2 is 1.00 bits per heavy atom. The van der Waals surface area contributed by atoms with Crippen LogP contribution in [0, 0.1) is 0 Å². The van der Waals surface area contributed by atoms with Crippen molar-refractivity contribution in [2.24, 2.45) is 0 Å². The van der Waals surface area contributed by atoms with Crippen molar-refractivity contribution < 1.29 is 41.8 Å². The molecule has 9 heteroatoms. The molecule has 0 spiro atoms. The number of hydrogen-bond donors (Lipinski definition) is 5. The van der Waals surface area contributed by atoms with Crippen molar-refractivity contribution in [1.82, 2.24) is 0 Å². The normalized spacial score (nSPS) is 10.4. The van der Waals surface area contributed by atoms with Crippen LogP contribution in [-0.4, -0.2) is 36.3 Å². The van der Waals surface area contributed by atoms with E-state index in [9.17, 15) is 0 Å². The fraction of sp³-hybridized carbons (Fsp3) is 0. The molecule has 0 radical (unpaired) electrons. The second-order valence-corrected chi connectivity index (χ2v) is 3.24. The summed E-state index contributed by atoms with van der Waals surface area (Å²) >= 11 is -8.44. The molecular formula is H5AsCrO7. The molecule has 0 saturated heterocycles. The van der Waals surface area contributed by atoms with Crippen molar-refractivity contribution in [2.75, 3.05) is 0 Å². The van der Waals surface area contributed by atoms with Crippen LogP contribution in [0.3, 0.4) is 0 Å². The van der Waals surface area contributed by atoms with Gasteiger partial charge >= 0.3 is 57.5 Å². The molecule has 0 aliphatic heterocycles. The van der Waals surface area contributed by atoms with Crippen molar-refractivity contribution in [3.63, 3.8) is 0 Å². The maximum absolute atomic E-state index is 8.82. The topological polar surface area (TPSA) is 135 Å². The molecule has 0 bridgehead atoms. The summed E-state index contributed by atoms with van der Waals surface area (Å²) in [5.74, 6) is 0. The SMILES string of the molecule is O[As](O)O.[O]=[Cr](=[O])([OH])[OH]. The molecule has 0 heterocycles. The zero-order valence-corrected chi connectivity index (χ0v) is 7.06. The van der Waals surface area contributed by atoms with Gasteiger partial charge in [0.25, 0.3) is 0 Å². The number of hydrogen-bond acceptors (Lipinski definition) is 5. The summed E-state index contributed by atoms with van der Waals surface area (Å²) in [6.45, 7) is 0. The van der Waals surface area contributed by atoms with Crippen LogP contribution in [0.2, 0.25) is 0 Å². The Hall–Kier alpha value is 0.491. The van der Waals surface area contributed by atoms with Crippen LogP contribution >= 0.6 is 0 Å². The van der Waals surface area contributed by atoms with Crippen LogP contribution < -0.4 is 0 Å². The molecule has 0 aromatic rings. The van der Waals surface area contributed by atoms with Crippen LogP contribution in [0.1, 0.15) is 0 Å². The Balaban J connectivity index is 0. The quantitative estimate of drug-likeness (QED) is 0.280. The van der Waals surface area contributed by atoms with Crippen LogP contribution in [0.25, 0.3) is 0 Å². The zero-order chi connectivity index (χ0) is 8.08. The molecule has 0 aromatic heterocycles. The van der Waals surface area contributed by atoms with E-state index in [1.807, 2.05) is 0 Å². The van der Waals surface area contributed by atoms with Crippen LogP contribution in [0.15, 0.2) is 0 Å². The second kappa shape index (κ2) is 5.29. The maximum atomic E-state index is 8.82. The fourth-order valence-electron chi connectivity index (χ4n) is 0. The molecule has 0 aromatic carbocycles. The number of rotatable bonds is 0. The zero-order valence-electron chi connectivity index (χ0n) is 3.91. The van der Waals surface area contributed by atoms with Gasteiger partial charge < -0.3 is 0 Å². The predicted molar refractivity (Wildman–Crippen MR) is 18.2 cm³/mol. The Labute approximate surface area is 57.9 Å². The molecule has 0 unspecified atom stereocenters. The average Bonchev–Trinajstić information content (AvgIpc) is 1.19. The molecule has 58 valence electrons. The van der Waals surface area contributed by atoms with E-state index in [1.165, 1.54) is 0 Å². The van der Waals surface area contributed by atoms with Crippen LogP contribution in [-0.2, 0) is 21.2 Å². The Morgan fingerprint density at radius 1 is 1.00 bits per heavy atom. The molecule has 5 N–H and O–H groups in total. The molecule has 7 nitrogen and oxygen atoms in total. The van der Waals surface area contributed by atoms with Crippen molar-refractivity contribution in [2.45, 2.75) is 0 Å². The first-order valence-corrected chi connectivity index (χ1v) is 6.00. The van der Waals surface area contributed by atoms with E-state index < -0.39 is 29.3 Å². The van der Waals surface area contributed by atoms with Gasteiger partial charge in [-0.25, -0.2) is 0 Å². The minimum absolute atomic E-state index is 3.19. The Morgan fingerprint density at radius 3 is 1.00 bits per heavy atom. The second-order valence-electron chi connectivity index (χ2n) is 0.716. The van der Waals surface area contributed by atoms with Gasteiger partial charge in [-0.05, 0) is 0 Å². The summed E-state index contributed by atoms with van der Waals surface area (Å²) in [6, 6.07) is 0. The van der Waals surface area contributed by atoms with Gasteiger partial charge in [0.15, 0.2) is 0 Å².